The number of anilines is 1. The molecule has 0 spiro atoms. The van der Waals surface area contributed by atoms with Gasteiger partial charge in [-0.05, 0) is 26.0 Å². The molecule has 0 atom stereocenters. The van der Waals surface area contributed by atoms with Crippen molar-refractivity contribution in [2.24, 2.45) is 0 Å². The number of amides is 2. The van der Waals surface area contributed by atoms with Crippen LogP contribution in [0, 0.1) is 0 Å². The van der Waals surface area contributed by atoms with E-state index in [9.17, 15) is 22.8 Å². The largest absolute Gasteiger partial charge is 0.418 e. The summed E-state index contributed by atoms with van der Waals surface area (Å²) in [6.07, 6.45) is -5.04. The van der Waals surface area contributed by atoms with Gasteiger partial charge in [-0.3, -0.25) is 9.59 Å². The highest BCUT2D eigenvalue weighted by Crippen LogP contribution is 2.34. The molecule has 0 saturated heterocycles. The Morgan fingerprint density at radius 2 is 1.71 bits per heavy atom. The molecule has 2 amide bonds. The van der Waals surface area contributed by atoms with Crippen molar-refractivity contribution in [1.82, 2.24) is 4.90 Å². The van der Waals surface area contributed by atoms with E-state index in [-0.39, 0.29) is 5.69 Å². The number of rotatable bonds is 5. The summed E-state index contributed by atoms with van der Waals surface area (Å²) < 4.78 is 38.3. The summed E-state index contributed by atoms with van der Waals surface area (Å²) in [6, 6.07) is 4.65. The predicted molar refractivity (Wildman–Crippen MR) is 72.6 cm³/mol. The molecule has 116 valence electrons. The third kappa shape index (κ3) is 4.77. The van der Waals surface area contributed by atoms with Crippen LogP contribution in [0.15, 0.2) is 24.3 Å². The Balaban J connectivity index is 2.79. The summed E-state index contributed by atoms with van der Waals surface area (Å²) in [7, 11) is 0. The van der Waals surface area contributed by atoms with Crippen molar-refractivity contribution in [3.05, 3.63) is 29.8 Å². The van der Waals surface area contributed by atoms with E-state index in [0.29, 0.717) is 13.1 Å². The van der Waals surface area contributed by atoms with E-state index in [0.717, 1.165) is 12.1 Å². The van der Waals surface area contributed by atoms with Crippen LogP contribution < -0.4 is 5.32 Å². The van der Waals surface area contributed by atoms with Crippen molar-refractivity contribution >= 4 is 17.5 Å². The van der Waals surface area contributed by atoms with Crippen LogP contribution in [0.3, 0.4) is 0 Å². The zero-order valence-electron chi connectivity index (χ0n) is 11.8. The molecular formula is C14H17F3N2O2. The molecule has 1 rings (SSSR count). The molecule has 0 aromatic heterocycles. The monoisotopic (exact) mass is 302 g/mol. The number of nitrogens with one attached hydrogen (secondary N) is 1. The second kappa shape index (κ2) is 7.10. The van der Waals surface area contributed by atoms with Gasteiger partial charge in [0, 0.05) is 13.1 Å². The molecule has 0 aliphatic rings. The summed E-state index contributed by atoms with van der Waals surface area (Å²) in [5.74, 6) is -1.18. The number of benzene rings is 1. The summed E-state index contributed by atoms with van der Waals surface area (Å²) in [5, 5.41) is 2.14. The zero-order valence-corrected chi connectivity index (χ0v) is 11.8. The Morgan fingerprint density at radius 1 is 1.14 bits per heavy atom. The van der Waals surface area contributed by atoms with Crippen molar-refractivity contribution in [3.8, 4) is 0 Å². The Bertz CT molecular complexity index is 511. The molecule has 0 saturated carbocycles. The number of alkyl halides is 3. The number of hydrogen-bond acceptors (Lipinski definition) is 2. The standard InChI is InChI=1S/C14H17F3N2O2/c1-3-19(4-2)13(21)9-12(20)18-11-8-6-5-7-10(11)14(15,16)17/h5-8H,3-4,9H2,1-2H3,(H,18,20). The molecule has 0 heterocycles. The number of para-hydroxylation sites is 1. The summed E-state index contributed by atoms with van der Waals surface area (Å²) >= 11 is 0. The summed E-state index contributed by atoms with van der Waals surface area (Å²) in [4.78, 5) is 24.9. The van der Waals surface area contributed by atoms with Crippen molar-refractivity contribution in [3.63, 3.8) is 0 Å². The fourth-order valence-corrected chi connectivity index (χ4v) is 1.86. The van der Waals surface area contributed by atoms with Gasteiger partial charge < -0.3 is 10.2 Å². The first-order chi connectivity index (χ1) is 9.79. The molecule has 7 heteroatoms. The molecule has 0 aliphatic carbocycles. The van der Waals surface area contributed by atoms with Gasteiger partial charge in [-0.15, -0.1) is 0 Å². The van der Waals surface area contributed by atoms with Crippen LogP contribution in [0.2, 0.25) is 0 Å². The average molecular weight is 302 g/mol. The first kappa shape index (κ1) is 17.0. The fourth-order valence-electron chi connectivity index (χ4n) is 1.86. The van der Waals surface area contributed by atoms with Crippen molar-refractivity contribution < 1.29 is 22.8 Å². The molecule has 1 aromatic carbocycles. The summed E-state index contributed by atoms with van der Waals surface area (Å²) in [5.41, 5.74) is -1.28. The fraction of sp³-hybridized carbons (Fsp3) is 0.429. The molecule has 0 aliphatic heterocycles. The van der Waals surface area contributed by atoms with E-state index in [1.54, 1.807) is 13.8 Å². The topological polar surface area (TPSA) is 49.4 Å². The first-order valence-electron chi connectivity index (χ1n) is 6.53. The van der Waals surface area contributed by atoms with Gasteiger partial charge in [-0.2, -0.15) is 13.2 Å². The van der Waals surface area contributed by atoms with Crippen LogP contribution >= 0.6 is 0 Å². The van der Waals surface area contributed by atoms with E-state index < -0.39 is 30.0 Å². The Labute approximate surface area is 120 Å². The van der Waals surface area contributed by atoms with Gasteiger partial charge >= 0.3 is 6.18 Å². The Morgan fingerprint density at radius 3 is 2.24 bits per heavy atom. The number of halogens is 3. The number of nitrogens with zero attached hydrogens (tertiary/aromatic N) is 1. The van der Waals surface area contributed by atoms with Crippen molar-refractivity contribution in [2.45, 2.75) is 26.4 Å². The molecule has 4 nitrogen and oxygen atoms in total. The van der Waals surface area contributed by atoms with Gasteiger partial charge in [0.05, 0.1) is 11.3 Å². The maximum absolute atomic E-state index is 12.8. The lowest BCUT2D eigenvalue weighted by atomic mass is 10.1. The summed E-state index contributed by atoms with van der Waals surface area (Å²) in [6.45, 7) is 4.42. The van der Waals surface area contributed by atoms with Crippen LogP contribution in [0.1, 0.15) is 25.8 Å². The van der Waals surface area contributed by atoms with Crippen LogP contribution in [0.4, 0.5) is 18.9 Å². The predicted octanol–water partition coefficient (Wildman–Crippen LogP) is 2.90. The van der Waals surface area contributed by atoms with Gasteiger partial charge in [0.1, 0.15) is 6.42 Å². The Kier molecular flexibility index (Phi) is 5.75. The number of carbonyl (C=O) groups excluding carboxylic acids is 2. The molecule has 0 fully saturated rings. The van der Waals surface area contributed by atoms with E-state index in [1.807, 2.05) is 0 Å². The molecule has 0 radical (unpaired) electrons. The zero-order chi connectivity index (χ0) is 16.0. The number of hydrogen-bond donors (Lipinski definition) is 1. The minimum absolute atomic E-state index is 0.345. The van der Waals surface area contributed by atoms with E-state index in [1.165, 1.54) is 17.0 Å². The SMILES string of the molecule is CCN(CC)C(=O)CC(=O)Nc1ccccc1C(F)(F)F. The van der Waals surface area contributed by atoms with Gasteiger partial charge in [-0.1, -0.05) is 12.1 Å². The third-order valence-corrected chi connectivity index (χ3v) is 2.93. The number of carbonyl (C=O) groups is 2. The third-order valence-electron chi connectivity index (χ3n) is 2.93. The Hall–Kier alpha value is -2.05. The van der Waals surface area contributed by atoms with Gasteiger partial charge in [0.15, 0.2) is 0 Å². The van der Waals surface area contributed by atoms with Crippen molar-refractivity contribution in [2.75, 3.05) is 18.4 Å². The first-order valence-corrected chi connectivity index (χ1v) is 6.53. The second-order valence-electron chi connectivity index (χ2n) is 4.33. The smallest absolute Gasteiger partial charge is 0.343 e. The lowest BCUT2D eigenvalue weighted by Crippen LogP contribution is -2.33. The lowest BCUT2D eigenvalue weighted by Gasteiger charge is -2.18. The minimum atomic E-state index is -4.56. The maximum Gasteiger partial charge on any atom is 0.418 e. The minimum Gasteiger partial charge on any atom is -0.343 e. The van der Waals surface area contributed by atoms with Gasteiger partial charge in [0.25, 0.3) is 0 Å². The molecule has 1 N–H and O–H groups in total. The van der Waals surface area contributed by atoms with E-state index in [2.05, 4.69) is 5.32 Å². The highest BCUT2D eigenvalue weighted by Gasteiger charge is 2.33. The lowest BCUT2D eigenvalue weighted by molar-refractivity contribution is -0.137. The average Bonchev–Trinajstić information content (AvgIpc) is 2.39. The van der Waals surface area contributed by atoms with E-state index >= 15 is 0 Å². The van der Waals surface area contributed by atoms with Crippen LogP contribution in [-0.2, 0) is 15.8 Å². The van der Waals surface area contributed by atoms with E-state index in [4.69, 9.17) is 0 Å². The van der Waals surface area contributed by atoms with Crippen LogP contribution in [0.5, 0.6) is 0 Å². The van der Waals surface area contributed by atoms with Crippen LogP contribution in [0.25, 0.3) is 0 Å². The highest BCUT2D eigenvalue weighted by molar-refractivity contribution is 6.03. The molecule has 21 heavy (non-hydrogen) atoms. The highest BCUT2D eigenvalue weighted by atomic mass is 19.4. The van der Waals surface area contributed by atoms with Crippen molar-refractivity contribution in [1.29, 1.82) is 0 Å². The quantitative estimate of drug-likeness (QED) is 0.850. The maximum atomic E-state index is 12.8. The van der Waals surface area contributed by atoms with Crippen LogP contribution in [-0.4, -0.2) is 29.8 Å². The molecule has 0 unspecified atom stereocenters. The normalized spacial score (nSPS) is 11.1. The second-order valence-corrected chi connectivity index (χ2v) is 4.33. The molecular weight excluding hydrogens is 285 g/mol. The van der Waals surface area contributed by atoms with Gasteiger partial charge in [0.2, 0.25) is 11.8 Å². The molecule has 0 bridgehead atoms. The van der Waals surface area contributed by atoms with Gasteiger partial charge in [-0.25, -0.2) is 0 Å². The molecule has 1 aromatic rings.